The molecule has 0 atom stereocenters. The molecule has 0 radical (unpaired) electrons. The molecule has 0 spiro atoms. The summed E-state index contributed by atoms with van der Waals surface area (Å²) in [5.74, 6) is 0.231. The lowest BCUT2D eigenvalue weighted by atomic mass is 10.2. The molecule has 1 aromatic carbocycles. The number of rotatable bonds is 5. The summed E-state index contributed by atoms with van der Waals surface area (Å²) < 4.78 is 4.95. The average Bonchev–Trinajstić information content (AvgIpc) is 3.05. The van der Waals surface area contributed by atoms with Gasteiger partial charge in [0.05, 0.1) is 36.9 Å². The number of hydrogen-bond donors (Lipinski definition) is 1. The van der Waals surface area contributed by atoms with Crippen molar-refractivity contribution in [3.63, 3.8) is 0 Å². The quantitative estimate of drug-likeness (QED) is 0.487. The van der Waals surface area contributed by atoms with Crippen LogP contribution in [-0.4, -0.2) is 25.5 Å². The highest BCUT2D eigenvalue weighted by Gasteiger charge is 2.15. The number of hydrogen-bond acceptors (Lipinski definition) is 3. The topological polar surface area (TPSA) is 64.7 Å². The first kappa shape index (κ1) is 20.4. The number of nitrogens with zero attached hydrogens (tertiary/aromatic N) is 4. The predicted molar refractivity (Wildman–Crippen MR) is 114 cm³/mol. The lowest BCUT2D eigenvalue weighted by molar-refractivity contribution is -0.117. The fraction of sp³-hybridized carbons (Fsp3) is 0.235. The zero-order valence-corrected chi connectivity index (χ0v) is 19.1. The molecule has 1 N–H and O–H groups in total. The summed E-state index contributed by atoms with van der Waals surface area (Å²) in [4.78, 5) is 12.4. The van der Waals surface area contributed by atoms with Crippen LogP contribution >= 0.6 is 55.1 Å². The van der Waals surface area contributed by atoms with Gasteiger partial charge in [0.2, 0.25) is 5.91 Å². The lowest BCUT2D eigenvalue weighted by Crippen LogP contribution is -2.21. The Bertz CT molecular complexity index is 1020. The number of benzene rings is 1. The molecule has 0 aliphatic heterocycles. The molecule has 0 bridgehead atoms. The van der Waals surface area contributed by atoms with Crippen molar-refractivity contribution in [3.05, 3.63) is 60.3 Å². The Morgan fingerprint density at radius 3 is 2.56 bits per heavy atom. The van der Waals surface area contributed by atoms with Crippen LogP contribution in [0.15, 0.2) is 33.3 Å². The van der Waals surface area contributed by atoms with Crippen molar-refractivity contribution in [1.82, 2.24) is 19.6 Å². The molecule has 6 nitrogen and oxygen atoms in total. The molecule has 10 heteroatoms. The van der Waals surface area contributed by atoms with Crippen LogP contribution in [0, 0.1) is 13.8 Å². The van der Waals surface area contributed by atoms with Gasteiger partial charge in [-0.1, -0.05) is 29.3 Å². The zero-order chi connectivity index (χ0) is 19.7. The van der Waals surface area contributed by atoms with E-state index in [2.05, 4.69) is 47.4 Å². The van der Waals surface area contributed by atoms with Crippen LogP contribution < -0.4 is 5.32 Å². The number of aryl methyl sites for hydroxylation is 1. The number of halogens is 4. The van der Waals surface area contributed by atoms with E-state index >= 15 is 0 Å². The highest BCUT2D eigenvalue weighted by molar-refractivity contribution is 9.11. The summed E-state index contributed by atoms with van der Waals surface area (Å²) in [6.45, 7) is 4.38. The predicted octanol–water partition coefficient (Wildman–Crippen LogP) is 5.22. The van der Waals surface area contributed by atoms with Crippen molar-refractivity contribution in [1.29, 1.82) is 0 Å². The minimum absolute atomic E-state index is 0.102. The van der Waals surface area contributed by atoms with Gasteiger partial charge in [0.25, 0.3) is 0 Å². The highest BCUT2D eigenvalue weighted by Crippen LogP contribution is 2.25. The summed E-state index contributed by atoms with van der Waals surface area (Å²) >= 11 is 18.9. The number of carbonyl (C=O) groups excluding carboxylic acids is 1. The number of amides is 1. The third-order valence-electron chi connectivity index (χ3n) is 3.89. The van der Waals surface area contributed by atoms with Gasteiger partial charge in [0.15, 0.2) is 5.82 Å². The summed E-state index contributed by atoms with van der Waals surface area (Å²) in [7, 11) is 0. The van der Waals surface area contributed by atoms with E-state index in [1.54, 1.807) is 27.7 Å². The van der Waals surface area contributed by atoms with E-state index in [0.717, 1.165) is 21.4 Å². The van der Waals surface area contributed by atoms with Gasteiger partial charge in [-0.05, 0) is 63.4 Å². The van der Waals surface area contributed by atoms with Crippen LogP contribution in [0.3, 0.4) is 0 Å². The van der Waals surface area contributed by atoms with Crippen LogP contribution in [0.4, 0.5) is 5.82 Å². The largest absolute Gasteiger partial charge is 0.307 e. The van der Waals surface area contributed by atoms with E-state index in [1.165, 1.54) is 0 Å². The summed E-state index contributed by atoms with van der Waals surface area (Å²) in [6, 6.07) is 5.41. The molecule has 0 aliphatic carbocycles. The van der Waals surface area contributed by atoms with Gasteiger partial charge in [-0.15, -0.1) is 0 Å². The van der Waals surface area contributed by atoms with E-state index in [1.807, 2.05) is 19.9 Å². The monoisotopic (exact) mass is 533 g/mol. The Hall–Kier alpha value is -1.35. The first-order chi connectivity index (χ1) is 12.7. The molecule has 0 saturated carbocycles. The molecule has 0 saturated heterocycles. The average molecular weight is 536 g/mol. The maximum Gasteiger partial charge on any atom is 0.247 e. The van der Waals surface area contributed by atoms with Gasteiger partial charge < -0.3 is 5.32 Å². The molecular weight excluding hydrogens is 521 g/mol. The fourth-order valence-electron chi connectivity index (χ4n) is 2.52. The van der Waals surface area contributed by atoms with Crippen molar-refractivity contribution in [2.45, 2.75) is 26.9 Å². The van der Waals surface area contributed by atoms with Crippen LogP contribution in [0.5, 0.6) is 0 Å². The highest BCUT2D eigenvalue weighted by atomic mass is 79.9. The minimum Gasteiger partial charge on any atom is -0.307 e. The lowest BCUT2D eigenvalue weighted by Gasteiger charge is -2.06. The maximum atomic E-state index is 12.4. The SMILES string of the molecule is Cc1nn(CC(=O)Nc2nn(Cc3ccc(Cl)c(Cl)c3)cc2Br)c(C)c1Br. The van der Waals surface area contributed by atoms with E-state index in [-0.39, 0.29) is 12.5 Å². The summed E-state index contributed by atoms with van der Waals surface area (Å²) in [5.41, 5.74) is 2.68. The smallest absolute Gasteiger partial charge is 0.247 e. The molecule has 2 heterocycles. The number of nitrogens with one attached hydrogen (secondary N) is 1. The standard InChI is InChI=1S/C17H15Br2Cl2N5O/c1-9-16(19)10(2)26(23-9)8-15(27)22-17-12(18)7-25(24-17)6-11-3-4-13(20)14(21)5-11/h3-5,7H,6,8H2,1-2H3,(H,22,24,27). The first-order valence-electron chi connectivity index (χ1n) is 7.91. The molecule has 3 aromatic rings. The minimum atomic E-state index is -0.214. The Morgan fingerprint density at radius 2 is 1.93 bits per heavy atom. The third kappa shape index (κ3) is 4.74. The van der Waals surface area contributed by atoms with E-state index < -0.39 is 0 Å². The van der Waals surface area contributed by atoms with Crippen molar-refractivity contribution < 1.29 is 4.79 Å². The molecule has 142 valence electrons. The molecule has 0 unspecified atom stereocenters. The van der Waals surface area contributed by atoms with Crippen LogP contribution in [0.1, 0.15) is 17.0 Å². The molecule has 0 aliphatic rings. The van der Waals surface area contributed by atoms with Gasteiger partial charge in [-0.25, -0.2) is 0 Å². The van der Waals surface area contributed by atoms with Crippen molar-refractivity contribution in [2.75, 3.05) is 5.32 Å². The second kappa shape index (κ2) is 8.34. The molecular formula is C17H15Br2Cl2N5O. The van der Waals surface area contributed by atoms with Crippen LogP contribution in [0.25, 0.3) is 0 Å². The normalized spacial score (nSPS) is 11.0. The van der Waals surface area contributed by atoms with Crippen LogP contribution in [-0.2, 0) is 17.9 Å². The Balaban J connectivity index is 1.69. The molecule has 2 aromatic heterocycles. The second-order valence-corrected chi connectivity index (χ2v) is 8.42. The summed E-state index contributed by atoms with van der Waals surface area (Å²) in [6.07, 6.45) is 1.79. The van der Waals surface area contributed by atoms with E-state index in [4.69, 9.17) is 23.2 Å². The van der Waals surface area contributed by atoms with Gasteiger partial charge in [0.1, 0.15) is 6.54 Å². The fourth-order valence-corrected chi connectivity index (χ4v) is 3.54. The third-order valence-corrected chi connectivity index (χ3v) is 6.36. The number of carbonyl (C=O) groups is 1. The summed E-state index contributed by atoms with van der Waals surface area (Å²) in [5, 5.41) is 12.5. The first-order valence-corrected chi connectivity index (χ1v) is 10.2. The number of aromatic nitrogens is 4. The Labute approximate surface area is 183 Å². The van der Waals surface area contributed by atoms with E-state index in [9.17, 15) is 4.79 Å². The van der Waals surface area contributed by atoms with Crippen molar-refractivity contribution >= 4 is 66.8 Å². The molecule has 27 heavy (non-hydrogen) atoms. The Kier molecular flexibility index (Phi) is 6.30. The maximum absolute atomic E-state index is 12.4. The van der Waals surface area contributed by atoms with Gasteiger partial charge in [-0.3, -0.25) is 14.2 Å². The van der Waals surface area contributed by atoms with Gasteiger partial charge >= 0.3 is 0 Å². The molecule has 3 rings (SSSR count). The Morgan fingerprint density at radius 1 is 1.19 bits per heavy atom. The van der Waals surface area contributed by atoms with E-state index in [0.29, 0.717) is 26.9 Å². The van der Waals surface area contributed by atoms with Gasteiger partial charge in [0, 0.05) is 6.20 Å². The second-order valence-electron chi connectivity index (χ2n) is 5.96. The molecule has 1 amide bonds. The van der Waals surface area contributed by atoms with Gasteiger partial charge in [-0.2, -0.15) is 10.2 Å². The zero-order valence-electron chi connectivity index (χ0n) is 14.4. The number of anilines is 1. The molecule has 0 fully saturated rings. The van der Waals surface area contributed by atoms with Crippen molar-refractivity contribution in [3.8, 4) is 0 Å². The van der Waals surface area contributed by atoms with Crippen LogP contribution in [0.2, 0.25) is 10.0 Å². The van der Waals surface area contributed by atoms with Crippen molar-refractivity contribution in [2.24, 2.45) is 0 Å².